The minimum atomic E-state index is -0.231. The fraction of sp³-hybridized carbons (Fsp3) is 0.600. The Bertz CT molecular complexity index is 775. The van der Waals surface area contributed by atoms with E-state index in [0.29, 0.717) is 25.0 Å². The van der Waals surface area contributed by atoms with Gasteiger partial charge < -0.3 is 14.2 Å². The number of ether oxygens (including phenoxy) is 1. The number of carbonyl (C=O) groups excluding carboxylic acids is 1. The third-order valence-corrected chi connectivity index (χ3v) is 5.54. The Balaban J connectivity index is 1.59. The molecule has 1 aliphatic heterocycles. The van der Waals surface area contributed by atoms with Crippen LogP contribution < -0.4 is 0 Å². The summed E-state index contributed by atoms with van der Waals surface area (Å²) >= 11 is 0. The van der Waals surface area contributed by atoms with Gasteiger partial charge in [-0.2, -0.15) is 4.98 Å². The van der Waals surface area contributed by atoms with Crippen LogP contribution in [0.25, 0.3) is 11.5 Å². The topological polar surface area (TPSA) is 81.4 Å². The van der Waals surface area contributed by atoms with Gasteiger partial charge >= 0.3 is 0 Å². The predicted octanol–water partition coefficient (Wildman–Crippen LogP) is 2.83. The van der Waals surface area contributed by atoms with Gasteiger partial charge in [-0.1, -0.05) is 18.0 Å². The van der Waals surface area contributed by atoms with Crippen LogP contribution in [-0.2, 0) is 14.9 Å². The van der Waals surface area contributed by atoms with E-state index in [4.69, 9.17) is 14.2 Å². The maximum atomic E-state index is 12.5. The van der Waals surface area contributed by atoms with Crippen LogP contribution in [0.1, 0.15) is 44.9 Å². The predicted molar refractivity (Wildman–Crippen MR) is 98.9 cm³/mol. The Labute approximate surface area is 159 Å². The van der Waals surface area contributed by atoms with E-state index >= 15 is 0 Å². The second-order valence-corrected chi connectivity index (χ2v) is 7.65. The Kier molecular flexibility index (Phi) is 5.20. The summed E-state index contributed by atoms with van der Waals surface area (Å²) in [5.41, 5.74) is 0.587. The SMILES string of the molecule is CCOCC(=O)N1CCCC(CC2CC2)(c2noc(-c3cccnc3)n2)C1. The van der Waals surface area contributed by atoms with Crippen LogP contribution in [0.2, 0.25) is 0 Å². The molecule has 1 saturated heterocycles. The van der Waals surface area contributed by atoms with Gasteiger partial charge in [0.2, 0.25) is 5.91 Å². The highest BCUT2D eigenvalue weighted by atomic mass is 16.5. The standard InChI is InChI=1S/C20H26N4O3/c1-2-26-13-17(25)24-10-4-8-20(14-24,11-15-6-7-15)19-22-18(27-23-19)16-5-3-9-21-12-16/h3,5,9,12,15H,2,4,6-8,10-11,13-14H2,1H3. The molecule has 4 rings (SSSR count). The summed E-state index contributed by atoms with van der Waals surface area (Å²) in [6.07, 6.45) is 8.89. The van der Waals surface area contributed by atoms with Gasteiger partial charge in [0, 0.05) is 32.1 Å². The third-order valence-electron chi connectivity index (χ3n) is 5.54. The van der Waals surface area contributed by atoms with E-state index in [-0.39, 0.29) is 17.9 Å². The molecule has 1 unspecified atom stereocenters. The van der Waals surface area contributed by atoms with Gasteiger partial charge in [-0.05, 0) is 44.2 Å². The summed E-state index contributed by atoms with van der Waals surface area (Å²) in [5, 5.41) is 4.34. The van der Waals surface area contributed by atoms with Crippen LogP contribution >= 0.6 is 0 Å². The molecule has 1 amide bonds. The van der Waals surface area contributed by atoms with E-state index in [0.717, 1.165) is 37.2 Å². The minimum Gasteiger partial charge on any atom is -0.372 e. The average Bonchev–Trinajstić information content (AvgIpc) is 3.37. The second kappa shape index (κ2) is 7.76. The maximum Gasteiger partial charge on any atom is 0.259 e. The van der Waals surface area contributed by atoms with E-state index < -0.39 is 0 Å². The number of pyridine rings is 1. The summed E-state index contributed by atoms with van der Waals surface area (Å²) in [6, 6.07) is 3.77. The van der Waals surface area contributed by atoms with Crippen LogP contribution in [0, 0.1) is 5.92 Å². The highest BCUT2D eigenvalue weighted by Crippen LogP contribution is 2.45. The molecule has 2 aromatic heterocycles. The molecule has 2 aliphatic rings. The first-order valence-corrected chi connectivity index (χ1v) is 9.80. The van der Waals surface area contributed by atoms with Crippen molar-refractivity contribution in [3.63, 3.8) is 0 Å². The third kappa shape index (κ3) is 4.03. The van der Waals surface area contributed by atoms with Crippen LogP contribution in [0.5, 0.6) is 0 Å². The first-order chi connectivity index (χ1) is 13.2. The summed E-state index contributed by atoms with van der Waals surface area (Å²) in [4.78, 5) is 23.3. The van der Waals surface area contributed by atoms with Gasteiger partial charge in [0.15, 0.2) is 5.82 Å². The van der Waals surface area contributed by atoms with Crippen LogP contribution in [0.15, 0.2) is 29.0 Å². The summed E-state index contributed by atoms with van der Waals surface area (Å²) in [7, 11) is 0. The van der Waals surface area contributed by atoms with Crippen molar-refractivity contribution in [3.8, 4) is 11.5 Å². The highest BCUT2D eigenvalue weighted by Gasteiger charge is 2.45. The fourth-order valence-electron chi connectivity index (χ4n) is 3.99. The lowest BCUT2D eigenvalue weighted by Gasteiger charge is -2.41. The number of aromatic nitrogens is 3. The normalized spacial score (nSPS) is 22.8. The van der Waals surface area contributed by atoms with Crippen molar-refractivity contribution in [1.29, 1.82) is 0 Å². The van der Waals surface area contributed by atoms with Crippen molar-refractivity contribution in [2.24, 2.45) is 5.92 Å². The van der Waals surface area contributed by atoms with Gasteiger partial charge in [-0.25, -0.2) is 0 Å². The maximum absolute atomic E-state index is 12.5. The number of amides is 1. The van der Waals surface area contributed by atoms with Crippen molar-refractivity contribution < 1.29 is 14.1 Å². The number of likely N-dealkylation sites (tertiary alicyclic amines) is 1. The zero-order valence-corrected chi connectivity index (χ0v) is 15.8. The Hall–Kier alpha value is -2.28. The molecule has 0 spiro atoms. The molecule has 1 saturated carbocycles. The monoisotopic (exact) mass is 370 g/mol. The molecule has 1 atom stereocenters. The Morgan fingerprint density at radius 2 is 2.33 bits per heavy atom. The number of hydrogen-bond donors (Lipinski definition) is 0. The average molecular weight is 370 g/mol. The molecule has 0 radical (unpaired) electrons. The van der Waals surface area contributed by atoms with Gasteiger partial charge in [-0.15, -0.1) is 0 Å². The highest BCUT2D eigenvalue weighted by molar-refractivity contribution is 5.77. The van der Waals surface area contributed by atoms with Crippen LogP contribution in [0.4, 0.5) is 0 Å². The molecular weight excluding hydrogens is 344 g/mol. The van der Waals surface area contributed by atoms with Crippen molar-refractivity contribution in [3.05, 3.63) is 30.4 Å². The molecule has 27 heavy (non-hydrogen) atoms. The zero-order chi connectivity index (χ0) is 18.7. The summed E-state index contributed by atoms with van der Waals surface area (Å²) in [5.74, 6) is 1.97. The minimum absolute atomic E-state index is 0.0488. The molecule has 0 bridgehead atoms. The van der Waals surface area contributed by atoms with Crippen LogP contribution in [-0.4, -0.2) is 52.2 Å². The number of carbonyl (C=O) groups is 1. The number of nitrogens with zero attached hydrogens (tertiary/aromatic N) is 4. The molecular formula is C20H26N4O3. The number of piperidine rings is 1. The molecule has 7 heteroatoms. The first-order valence-electron chi connectivity index (χ1n) is 9.80. The van der Waals surface area contributed by atoms with Crippen molar-refractivity contribution in [1.82, 2.24) is 20.0 Å². The summed E-state index contributed by atoms with van der Waals surface area (Å²) < 4.78 is 10.9. The first kappa shape index (κ1) is 18.1. The van der Waals surface area contributed by atoms with Crippen molar-refractivity contribution >= 4 is 5.91 Å². The molecule has 1 aliphatic carbocycles. The Morgan fingerprint density at radius 3 is 3.07 bits per heavy atom. The van der Waals surface area contributed by atoms with E-state index in [9.17, 15) is 4.79 Å². The van der Waals surface area contributed by atoms with E-state index in [1.54, 1.807) is 12.4 Å². The second-order valence-electron chi connectivity index (χ2n) is 7.65. The van der Waals surface area contributed by atoms with Gasteiger partial charge in [-0.3, -0.25) is 9.78 Å². The molecule has 2 fully saturated rings. The van der Waals surface area contributed by atoms with Gasteiger partial charge in [0.1, 0.15) is 6.61 Å². The van der Waals surface area contributed by atoms with Crippen molar-refractivity contribution in [2.75, 3.05) is 26.3 Å². The molecule has 3 heterocycles. The van der Waals surface area contributed by atoms with Crippen molar-refractivity contribution in [2.45, 2.75) is 44.4 Å². The molecule has 2 aromatic rings. The Morgan fingerprint density at radius 1 is 1.44 bits per heavy atom. The van der Waals surface area contributed by atoms with Gasteiger partial charge in [0.05, 0.1) is 11.0 Å². The van der Waals surface area contributed by atoms with E-state index in [1.165, 1.54) is 12.8 Å². The summed E-state index contributed by atoms with van der Waals surface area (Å²) in [6.45, 7) is 4.00. The molecule has 0 N–H and O–H groups in total. The van der Waals surface area contributed by atoms with Gasteiger partial charge in [0.25, 0.3) is 5.89 Å². The van der Waals surface area contributed by atoms with E-state index in [1.807, 2.05) is 24.0 Å². The zero-order valence-electron chi connectivity index (χ0n) is 15.8. The number of rotatable bonds is 7. The smallest absolute Gasteiger partial charge is 0.259 e. The quantitative estimate of drug-likeness (QED) is 0.745. The lowest BCUT2D eigenvalue weighted by atomic mass is 9.75. The van der Waals surface area contributed by atoms with Crippen LogP contribution in [0.3, 0.4) is 0 Å². The number of hydrogen-bond acceptors (Lipinski definition) is 6. The lowest BCUT2D eigenvalue weighted by Crippen LogP contribution is -2.50. The fourth-order valence-corrected chi connectivity index (χ4v) is 3.99. The molecule has 7 nitrogen and oxygen atoms in total. The molecule has 144 valence electrons. The molecule has 0 aromatic carbocycles. The largest absolute Gasteiger partial charge is 0.372 e. The lowest BCUT2D eigenvalue weighted by molar-refractivity contribution is -0.138. The van der Waals surface area contributed by atoms with E-state index in [2.05, 4.69) is 10.1 Å².